The minimum Gasteiger partial charge on any atom is -0.309 e. The maximum atomic E-state index is 4.94. The van der Waals surface area contributed by atoms with Crippen molar-refractivity contribution < 1.29 is 0 Å². The van der Waals surface area contributed by atoms with E-state index in [1.54, 1.807) is 17.5 Å². The first-order chi connectivity index (χ1) is 19.3. The normalized spacial score (nSPS) is 11.6. The van der Waals surface area contributed by atoms with Gasteiger partial charge in [0, 0.05) is 46.2 Å². The van der Waals surface area contributed by atoms with Crippen LogP contribution in [0.5, 0.6) is 0 Å². The summed E-state index contributed by atoms with van der Waals surface area (Å²) in [5.74, 6) is 0. The van der Waals surface area contributed by atoms with Gasteiger partial charge in [-0.3, -0.25) is 4.98 Å². The SMILES string of the molecule is c1ccc(-c2cc(-n3cccn3)cc(-n3c4ccccc4c4ccc(-c5nc6ccccc6s5)cc43)c2)nc1. The second-order valence-corrected chi connectivity index (χ2v) is 10.5. The predicted molar refractivity (Wildman–Crippen MR) is 160 cm³/mol. The van der Waals surface area contributed by atoms with Crippen LogP contribution in [0.1, 0.15) is 0 Å². The summed E-state index contributed by atoms with van der Waals surface area (Å²) in [4.78, 5) is 9.58. The molecule has 0 amide bonds. The molecule has 0 aliphatic rings. The van der Waals surface area contributed by atoms with Crippen molar-refractivity contribution in [2.24, 2.45) is 0 Å². The standard InChI is InChI=1S/C33H21N5S/c1-3-11-30-26(8-1)27-14-13-22(33-36-29-10-2-4-12-32(29)39-33)20-31(27)38(30)25-19-23(28-9-5-6-15-34-28)18-24(21-25)37-17-7-16-35-37/h1-21H. The van der Waals surface area contributed by atoms with Gasteiger partial charge in [0.05, 0.1) is 32.6 Å². The Labute approximate surface area is 228 Å². The van der Waals surface area contributed by atoms with Gasteiger partial charge in [-0.05, 0) is 60.7 Å². The summed E-state index contributed by atoms with van der Waals surface area (Å²) in [6, 6.07) is 38.1. The zero-order valence-electron chi connectivity index (χ0n) is 20.8. The lowest BCUT2D eigenvalue weighted by Crippen LogP contribution is -2.00. The number of benzene rings is 4. The predicted octanol–water partition coefficient (Wildman–Crippen LogP) is 8.31. The van der Waals surface area contributed by atoms with Crippen LogP contribution in [0.15, 0.2) is 128 Å². The van der Waals surface area contributed by atoms with E-state index in [9.17, 15) is 0 Å². The maximum absolute atomic E-state index is 4.94. The van der Waals surface area contributed by atoms with Gasteiger partial charge in [0.2, 0.25) is 0 Å². The van der Waals surface area contributed by atoms with Gasteiger partial charge in [0.15, 0.2) is 0 Å². The number of rotatable bonds is 4. The summed E-state index contributed by atoms with van der Waals surface area (Å²) in [5, 5.41) is 7.97. The number of hydrogen-bond donors (Lipinski definition) is 0. The van der Waals surface area contributed by atoms with Crippen molar-refractivity contribution >= 4 is 43.4 Å². The topological polar surface area (TPSA) is 48.5 Å². The van der Waals surface area contributed by atoms with Gasteiger partial charge in [0.25, 0.3) is 0 Å². The van der Waals surface area contributed by atoms with E-state index in [4.69, 9.17) is 4.98 Å². The third-order valence-electron chi connectivity index (χ3n) is 7.10. The molecule has 0 unspecified atom stereocenters. The smallest absolute Gasteiger partial charge is 0.124 e. The van der Waals surface area contributed by atoms with Gasteiger partial charge in [-0.2, -0.15) is 5.10 Å². The van der Waals surface area contributed by atoms with Gasteiger partial charge < -0.3 is 4.57 Å². The van der Waals surface area contributed by atoms with Crippen molar-refractivity contribution in [3.8, 4) is 33.2 Å². The zero-order valence-corrected chi connectivity index (χ0v) is 21.6. The molecule has 4 heterocycles. The van der Waals surface area contributed by atoms with Crippen LogP contribution in [0.3, 0.4) is 0 Å². The molecule has 8 aromatic rings. The monoisotopic (exact) mass is 519 g/mol. The molecule has 184 valence electrons. The Morgan fingerprint density at radius 2 is 1.46 bits per heavy atom. The van der Waals surface area contributed by atoms with Gasteiger partial charge in [0.1, 0.15) is 5.01 Å². The van der Waals surface area contributed by atoms with Gasteiger partial charge in [-0.1, -0.05) is 48.5 Å². The number of para-hydroxylation sites is 2. The quantitative estimate of drug-likeness (QED) is 0.235. The fourth-order valence-corrected chi connectivity index (χ4v) is 6.30. The fourth-order valence-electron chi connectivity index (χ4n) is 5.34. The lowest BCUT2D eigenvalue weighted by Gasteiger charge is -2.13. The largest absolute Gasteiger partial charge is 0.309 e. The average molecular weight is 520 g/mol. The Balaban J connectivity index is 1.41. The van der Waals surface area contributed by atoms with Crippen molar-refractivity contribution in [2.45, 2.75) is 0 Å². The average Bonchev–Trinajstić information content (AvgIpc) is 3.75. The molecule has 0 radical (unpaired) electrons. The molecule has 0 saturated heterocycles. The zero-order chi connectivity index (χ0) is 25.8. The first-order valence-electron chi connectivity index (χ1n) is 12.8. The van der Waals surface area contributed by atoms with E-state index in [1.807, 2.05) is 47.4 Å². The van der Waals surface area contributed by atoms with Crippen LogP contribution in [0.25, 0.3) is 65.2 Å². The Kier molecular flexibility index (Phi) is 4.93. The lowest BCUT2D eigenvalue weighted by molar-refractivity contribution is 0.879. The summed E-state index contributed by atoms with van der Waals surface area (Å²) < 4.78 is 5.44. The number of hydrogen-bond acceptors (Lipinski definition) is 4. The number of aromatic nitrogens is 5. The Hall–Kier alpha value is -5.07. The summed E-state index contributed by atoms with van der Waals surface area (Å²) in [5.41, 5.74) is 8.42. The highest BCUT2D eigenvalue weighted by molar-refractivity contribution is 7.21. The second-order valence-electron chi connectivity index (χ2n) is 9.47. The molecule has 0 N–H and O–H groups in total. The number of pyridine rings is 1. The van der Waals surface area contributed by atoms with Gasteiger partial charge in [-0.25, -0.2) is 9.67 Å². The highest BCUT2D eigenvalue weighted by Gasteiger charge is 2.16. The van der Waals surface area contributed by atoms with Crippen LogP contribution in [-0.4, -0.2) is 24.3 Å². The molecule has 0 spiro atoms. The molecular weight excluding hydrogens is 498 g/mol. The molecule has 0 bridgehead atoms. The first kappa shape index (κ1) is 22.0. The van der Waals surface area contributed by atoms with E-state index < -0.39 is 0 Å². The molecule has 0 fully saturated rings. The van der Waals surface area contributed by atoms with Crippen LogP contribution in [-0.2, 0) is 0 Å². The van der Waals surface area contributed by atoms with Crippen molar-refractivity contribution in [1.82, 2.24) is 24.3 Å². The lowest BCUT2D eigenvalue weighted by atomic mass is 10.1. The minimum atomic E-state index is 0.920. The second kappa shape index (κ2) is 8.75. The minimum absolute atomic E-state index is 0.920. The third kappa shape index (κ3) is 3.65. The van der Waals surface area contributed by atoms with Gasteiger partial charge >= 0.3 is 0 Å². The van der Waals surface area contributed by atoms with E-state index >= 15 is 0 Å². The highest BCUT2D eigenvalue weighted by Crippen LogP contribution is 2.38. The van der Waals surface area contributed by atoms with Crippen molar-refractivity contribution in [2.75, 3.05) is 0 Å². The molecule has 4 aromatic carbocycles. The molecule has 5 nitrogen and oxygen atoms in total. The molecule has 0 atom stereocenters. The summed E-state index contributed by atoms with van der Waals surface area (Å²) in [6.07, 6.45) is 5.61. The van der Waals surface area contributed by atoms with Crippen LogP contribution in [0.4, 0.5) is 0 Å². The van der Waals surface area contributed by atoms with Crippen LogP contribution in [0.2, 0.25) is 0 Å². The Bertz CT molecular complexity index is 2090. The molecule has 0 aliphatic carbocycles. The number of thiazole rings is 1. The fraction of sp³-hybridized carbons (Fsp3) is 0. The van der Waals surface area contributed by atoms with Crippen LogP contribution in [0, 0.1) is 0 Å². The molecule has 6 heteroatoms. The first-order valence-corrected chi connectivity index (χ1v) is 13.6. The van der Waals surface area contributed by atoms with Crippen LogP contribution >= 0.6 is 11.3 Å². The summed E-state index contributed by atoms with van der Waals surface area (Å²) in [6.45, 7) is 0. The van der Waals surface area contributed by atoms with E-state index in [-0.39, 0.29) is 0 Å². The van der Waals surface area contributed by atoms with Crippen molar-refractivity contribution in [3.05, 3.63) is 128 Å². The summed E-state index contributed by atoms with van der Waals surface area (Å²) >= 11 is 1.73. The molecule has 0 saturated carbocycles. The van der Waals surface area contributed by atoms with Crippen LogP contribution < -0.4 is 0 Å². The Morgan fingerprint density at radius 3 is 2.33 bits per heavy atom. The Morgan fingerprint density at radius 1 is 0.615 bits per heavy atom. The molecule has 0 aliphatic heterocycles. The molecular formula is C33H21N5S. The van der Waals surface area contributed by atoms with Crippen molar-refractivity contribution in [3.63, 3.8) is 0 Å². The van der Waals surface area contributed by atoms with E-state index in [2.05, 4.69) is 93.5 Å². The number of nitrogens with zero attached hydrogens (tertiary/aromatic N) is 5. The maximum Gasteiger partial charge on any atom is 0.124 e. The van der Waals surface area contributed by atoms with E-state index in [0.29, 0.717) is 0 Å². The molecule has 4 aromatic heterocycles. The molecule has 8 rings (SSSR count). The molecule has 39 heavy (non-hydrogen) atoms. The van der Waals surface area contributed by atoms with E-state index in [0.717, 1.165) is 49.8 Å². The highest BCUT2D eigenvalue weighted by atomic mass is 32.1. The third-order valence-corrected chi connectivity index (χ3v) is 8.19. The van der Waals surface area contributed by atoms with Crippen molar-refractivity contribution in [1.29, 1.82) is 0 Å². The number of fused-ring (bicyclic) bond motifs is 4. The summed E-state index contributed by atoms with van der Waals surface area (Å²) in [7, 11) is 0. The van der Waals surface area contributed by atoms with Gasteiger partial charge in [-0.15, -0.1) is 11.3 Å². The van der Waals surface area contributed by atoms with E-state index in [1.165, 1.54) is 15.5 Å².